The predicted octanol–water partition coefficient (Wildman–Crippen LogP) is 4.69. The van der Waals surface area contributed by atoms with Crippen molar-refractivity contribution >= 4 is 17.6 Å². The Kier molecular flexibility index (Phi) is 5.30. The number of hydrogen-bond donors (Lipinski definition) is 0. The molecular weight excluding hydrogens is 411 g/mol. The van der Waals surface area contributed by atoms with E-state index in [9.17, 15) is 9.18 Å². The average Bonchev–Trinajstić information content (AvgIpc) is 3.05. The summed E-state index contributed by atoms with van der Waals surface area (Å²) in [6, 6.07) is 9.61. The lowest BCUT2D eigenvalue weighted by Gasteiger charge is -2.24. The van der Waals surface area contributed by atoms with Gasteiger partial charge in [-0.1, -0.05) is 17.7 Å². The number of aromatic nitrogens is 2. The number of ether oxygens (including phenoxy) is 3. The van der Waals surface area contributed by atoms with Crippen molar-refractivity contribution in [2.24, 2.45) is 0 Å². The van der Waals surface area contributed by atoms with Gasteiger partial charge in [0.15, 0.2) is 17.3 Å². The van der Waals surface area contributed by atoms with Gasteiger partial charge in [0.05, 0.1) is 24.2 Å². The van der Waals surface area contributed by atoms with Crippen molar-refractivity contribution in [3.05, 3.63) is 70.8 Å². The number of benzene rings is 2. The standard InChI is InChI=1S/C22H18ClFN2O4/c1-3-28-19(27)9-13-11-25-21(26-12-13)15-5-4-6-18-20(15)30-22(2,29-18)16-8-7-14(23)10-17(16)24/h4-8,10-12H,3,9H2,1-2H3. The molecule has 1 atom stereocenters. The molecule has 6 nitrogen and oxygen atoms in total. The monoisotopic (exact) mass is 428 g/mol. The first-order chi connectivity index (χ1) is 14.4. The van der Waals surface area contributed by atoms with Crippen LogP contribution in [0.1, 0.15) is 25.0 Å². The summed E-state index contributed by atoms with van der Waals surface area (Å²) in [5, 5.41) is 0.285. The minimum absolute atomic E-state index is 0.0918. The van der Waals surface area contributed by atoms with Crippen LogP contribution in [0.3, 0.4) is 0 Å². The van der Waals surface area contributed by atoms with Crippen molar-refractivity contribution in [1.82, 2.24) is 9.97 Å². The fourth-order valence-corrected chi connectivity index (χ4v) is 3.39. The number of fused-ring (bicyclic) bond motifs is 1. The number of nitrogens with zero attached hydrogens (tertiary/aromatic N) is 2. The van der Waals surface area contributed by atoms with Crippen LogP contribution in [0, 0.1) is 5.82 Å². The number of rotatable bonds is 5. The van der Waals surface area contributed by atoms with Crippen LogP contribution in [-0.4, -0.2) is 22.5 Å². The van der Waals surface area contributed by atoms with Crippen molar-refractivity contribution in [2.75, 3.05) is 6.61 Å². The zero-order valence-electron chi connectivity index (χ0n) is 16.3. The van der Waals surface area contributed by atoms with Crippen LogP contribution in [0.4, 0.5) is 4.39 Å². The lowest BCUT2D eigenvalue weighted by atomic mass is 10.1. The van der Waals surface area contributed by atoms with Crippen molar-refractivity contribution < 1.29 is 23.4 Å². The Hall–Kier alpha value is -3.19. The molecule has 154 valence electrons. The summed E-state index contributed by atoms with van der Waals surface area (Å²) in [4.78, 5) is 20.3. The van der Waals surface area contributed by atoms with Crippen LogP contribution in [0.15, 0.2) is 48.8 Å². The number of para-hydroxylation sites is 1. The average molecular weight is 429 g/mol. The van der Waals surface area contributed by atoms with E-state index < -0.39 is 11.6 Å². The molecule has 0 radical (unpaired) electrons. The SMILES string of the molecule is CCOC(=O)Cc1cnc(-c2cccc3c2OC(C)(c2ccc(Cl)cc2F)O3)nc1. The normalized spacial score (nSPS) is 17.1. The largest absolute Gasteiger partial charge is 0.466 e. The molecule has 1 aliphatic rings. The van der Waals surface area contributed by atoms with Gasteiger partial charge in [-0.25, -0.2) is 14.4 Å². The highest BCUT2D eigenvalue weighted by atomic mass is 35.5. The fraction of sp³-hybridized carbons (Fsp3) is 0.227. The highest BCUT2D eigenvalue weighted by Gasteiger charge is 2.42. The second-order valence-electron chi connectivity index (χ2n) is 6.80. The Bertz CT molecular complexity index is 1110. The van der Waals surface area contributed by atoms with Crippen molar-refractivity contribution in [3.63, 3.8) is 0 Å². The van der Waals surface area contributed by atoms with Gasteiger partial charge < -0.3 is 14.2 Å². The summed E-state index contributed by atoms with van der Waals surface area (Å²) in [5.74, 6) is -0.984. The number of esters is 1. The third-order valence-corrected chi connectivity index (χ3v) is 4.84. The number of halogens is 2. The molecule has 1 unspecified atom stereocenters. The molecule has 0 spiro atoms. The number of hydrogen-bond acceptors (Lipinski definition) is 6. The molecule has 2 aromatic carbocycles. The molecule has 30 heavy (non-hydrogen) atoms. The summed E-state index contributed by atoms with van der Waals surface area (Å²) < 4.78 is 31.4. The second kappa shape index (κ2) is 7.91. The summed E-state index contributed by atoms with van der Waals surface area (Å²) in [7, 11) is 0. The third-order valence-electron chi connectivity index (χ3n) is 4.60. The molecule has 8 heteroatoms. The van der Waals surface area contributed by atoms with Gasteiger partial charge in [-0.3, -0.25) is 4.79 Å². The molecule has 0 saturated heterocycles. The second-order valence-corrected chi connectivity index (χ2v) is 7.24. The Balaban J connectivity index is 1.63. The molecule has 3 aromatic rings. The Labute approximate surface area is 177 Å². The van der Waals surface area contributed by atoms with E-state index in [1.807, 2.05) is 0 Å². The van der Waals surface area contributed by atoms with Crippen LogP contribution in [-0.2, 0) is 21.7 Å². The minimum atomic E-state index is -1.36. The summed E-state index contributed by atoms with van der Waals surface area (Å²) >= 11 is 5.86. The van der Waals surface area contributed by atoms with Crippen molar-refractivity contribution in [1.29, 1.82) is 0 Å². The quantitative estimate of drug-likeness (QED) is 0.549. The maximum Gasteiger partial charge on any atom is 0.310 e. The van der Waals surface area contributed by atoms with E-state index in [2.05, 4.69) is 9.97 Å². The van der Waals surface area contributed by atoms with E-state index in [0.717, 1.165) is 0 Å². The summed E-state index contributed by atoms with van der Waals surface area (Å²) in [6.07, 6.45) is 3.22. The van der Waals surface area contributed by atoms with Crippen LogP contribution in [0.5, 0.6) is 11.5 Å². The summed E-state index contributed by atoms with van der Waals surface area (Å²) in [5.41, 5.74) is 1.45. The first-order valence-corrected chi connectivity index (χ1v) is 9.71. The molecule has 0 fully saturated rings. The fourth-order valence-electron chi connectivity index (χ4n) is 3.23. The van der Waals surface area contributed by atoms with Gasteiger partial charge in [0.2, 0.25) is 0 Å². The zero-order valence-corrected chi connectivity index (χ0v) is 17.1. The number of carbonyl (C=O) groups excluding carboxylic acids is 1. The molecule has 2 heterocycles. The predicted molar refractivity (Wildman–Crippen MR) is 108 cm³/mol. The van der Waals surface area contributed by atoms with E-state index in [1.165, 1.54) is 12.1 Å². The van der Waals surface area contributed by atoms with Crippen molar-refractivity contribution in [3.8, 4) is 22.9 Å². The van der Waals surface area contributed by atoms with Crippen LogP contribution < -0.4 is 9.47 Å². The van der Waals surface area contributed by atoms with E-state index in [4.69, 9.17) is 25.8 Å². The Morgan fingerprint density at radius 2 is 1.97 bits per heavy atom. The van der Waals surface area contributed by atoms with Crippen LogP contribution >= 0.6 is 11.6 Å². The van der Waals surface area contributed by atoms with E-state index >= 15 is 0 Å². The molecule has 4 rings (SSSR count). The van der Waals surface area contributed by atoms with Gasteiger partial charge in [-0.15, -0.1) is 0 Å². The Morgan fingerprint density at radius 1 is 1.20 bits per heavy atom. The molecule has 0 amide bonds. The first kappa shape index (κ1) is 20.1. The topological polar surface area (TPSA) is 70.5 Å². The Morgan fingerprint density at radius 3 is 2.67 bits per heavy atom. The summed E-state index contributed by atoms with van der Waals surface area (Å²) in [6.45, 7) is 3.70. The smallest absolute Gasteiger partial charge is 0.310 e. The molecule has 1 aliphatic heterocycles. The van der Waals surface area contributed by atoms with E-state index in [0.29, 0.717) is 35.1 Å². The highest BCUT2D eigenvalue weighted by molar-refractivity contribution is 6.30. The molecule has 1 aromatic heterocycles. The maximum absolute atomic E-state index is 14.5. The van der Waals surface area contributed by atoms with E-state index in [1.54, 1.807) is 50.5 Å². The van der Waals surface area contributed by atoms with E-state index in [-0.39, 0.29) is 23.0 Å². The van der Waals surface area contributed by atoms with Gasteiger partial charge in [0, 0.05) is 24.3 Å². The number of carbonyl (C=O) groups is 1. The highest BCUT2D eigenvalue weighted by Crippen LogP contribution is 2.49. The maximum atomic E-state index is 14.5. The third kappa shape index (κ3) is 3.80. The van der Waals surface area contributed by atoms with Gasteiger partial charge in [-0.05, 0) is 42.8 Å². The van der Waals surface area contributed by atoms with Crippen LogP contribution in [0.25, 0.3) is 11.4 Å². The zero-order chi connectivity index (χ0) is 21.3. The van der Waals surface area contributed by atoms with Gasteiger partial charge in [0.25, 0.3) is 5.79 Å². The van der Waals surface area contributed by atoms with Gasteiger partial charge in [0.1, 0.15) is 5.82 Å². The lowest BCUT2D eigenvalue weighted by Crippen LogP contribution is -2.32. The van der Waals surface area contributed by atoms with Gasteiger partial charge in [-0.2, -0.15) is 0 Å². The molecular formula is C22H18ClFN2O4. The molecule has 0 aliphatic carbocycles. The van der Waals surface area contributed by atoms with Gasteiger partial charge >= 0.3 is 5.97 Å². The molecule has 0 saturated carbocycles. The van der Waals surface area contributed by atoms with Crippen molar-refractivity contribution in [2.45, 2.75) is 26.1 Å². The minimum Gasteiger partial charge on any atom is -0.466 e. The first-order valence-electron chi connectivity index (χ1n) is 9.33. The lowest BCUT2D eigenvalue weighted by molar-refractivity contribution is -0.142. The molecule has 0 N–H and O–H groups in total. The molecule has 0 bridgehead atoms. The van der Waals surface area contributed by atoms with Crippen LogP contribution in [0.2, 0.25) is 5.02 Å².